The molecule has 4 heteroatoms. The summed E-state index contributed by atoms with van der Waals surface area (Å²) in [7, 11) is 0. The van der Waals surface area contributed by atoms with Crippen molar-refractivity contribution in [2.45, 2.75) is 20.8 Å². The van der Waals surface area contributed by atoms with Gasteiger partial charge in [0.2, 0.25) is 0 Å². The quantitative estimate of drug-likeness (QED) is 0.728. The molecule has 0 atom stereocenters. The minimum absolute atomic E-state index is 0.507. The maximum atomic E-state index is 6.15. The number of hydrogen-bond donors (Lipinski definition) is 1. The minimum Gasteiger partial charge on any atom is -0.313 e. The van der Waals surface area contributed by atoms with Crippen LogP contribution in [0, 0.1) is 5.92 Å². The van der Waals surface area contributed by atoms with Gasteiger partial charge in [-0.2, -0.15) is 0 Å². The van der Waals surface area contributed by atoms with Gasteiger partial charge in [0.25, 0.3) is 0 Å². The number of rotatable bonds is 5. The van der Waals surface area contributed by atoms with Crippen molar-refractivity contribution in [2.75, 3.05) is 13.1 Å². The summed E-state index contributed by atoms with van der Waals surface area (Å²) in [5.74, 6) is 0.635. The number of halogens is 3. The topological polar surface area (TPSA) is 12.0 Å². The first-order chi connectivity index (χ1) is 8.41. The molecule has 0 heterocycles. The van der Waals surface area contributed by atoms with Gasteiger partial charge in [0, 0.05) is 17.1 Å². The SMILES string of the molecule is C/C(=C\c1c(Cl)ccc(Cl)c1Cl)CNCC(C)C. The van der Waals surface area contributed by atoms with Crippen LogP contribution in [0.1, 0.15) is 26.3 Å². The van der Waals surface area contributed by atoms with Gasteiger partial charge in [0.1, 0.15) is 0 Å². The van der Waals surface area contributed by atoms with E-state index in [9.17, 15) is 0 Å². The highest BCUT2D eigenvalue weighted by Gasteiger charge is 2.07. The van der Waals surface area contributed by atoms with Crippen molar-refractivity contribution in [3.05, 3.63) is 38.3 Å². The van der Waals surface area contributed by atoms with Crippen molar-refractivity contribution in [1.29, 1.82) is 0 Å². The number of benzene rings is 1. The van der Waals surface area contributed by atoms with E-state index in [0.29, 0.717) is 21.0 Å². The van der Waals surface area contributed by atoms with Crippen LogP contribution >= 0.6 is 34.8 Å². The van der Waals surface area contributed by atoms with Crippen LogP contribution in [0.4, 0.5) is 0 Å². The third kappa shape index (κ3) is 4.81. The molecule has 18 heavy (non-hydrogen) atoms. The minimum atomic E-state index is 0.507. The summed E-state index contributed by atoms with van der Waals surface area (Å²) < 4.78 is 0. The molecule has 0 amide bonds. The molecular weight excluding hydrogens is 289 g/mol. The van der Waals surface area contributed by atoms with Crippen LogP contribution in [0.25, 0.3) is 6.08 Å². The van der Waals surface area contributed by atoms with Gasteiger partial charge in [0.05, 0.1) is 10.0 Å². The highest BCUT2D eigenvalue weighted by atomic mass is 35.5. The molecule has 0 aromatic heterocycles. The Morgan fingerprint density at radius 2 is 1.83 bits per heavy atom. The first kappa shape index (κ1) is 15.8. The smallest absolute Gasteiger partial charge is 0.0679 e. The summed E-state index contributed by atoms with van der Waals surface area (Å²) in [6.45, 7) is 8.20. The average molecular weight is 307 g/mol. The van der Waals surface area contributed by atoms with Crippen molar-refractivity contribution in [3.63, 3.8) is 0 Å². The molecule has 0 saturated heterocycles. The molecule has 0 fully saturated rings. The first-order valence-corrected chi connectivity index (χ1v) is 7.06. The van der Waals surface area contributed by atoms with Gasteiger partial charge in [-0.3, -0.25) is 0 Å². The number of nitrogens with one attached hydrogen (secondary N) is 1. The zero-order valence-electron chi connectivity index (χ0n) is 10.9. The van der Waals surface area contributed by atoms with Gasteiger partial charge in [-0.25, -0.2) is 0 Å². The Morgan fingerprint density at radius 3 is 2.44 bits per heavy atom. The Labute approximate surface area is 124 Å². The van der Waals surface area contributed by atoms with Crippen molar-refractivity contribution < 1.29 is 0 Å². The third-order valence-corrected chi connectivity index (χ3v) is 3.58. The molecule has 1 aromatic rings. The average Bonchev–Trinajstić information content (AvgIpc) is 2.29. The lowest BCUT2D eigenvalue weighted by molar-refractivity contribution is 0.572. The van der Waals surface area contributed by atoms with Crippen LogP contribution in [-0.2, 0) is 0 Å². The van der Waals surface area contributed by atoms with E-state index in [4.69, 9.17) is 34.8 Å². The zero-order chi connectivity index (χ0) is 13.7. The maximum Gasteiger partial charge on any atom is 0.0679 e. The van der Waals surface area contributed by atoms with Crippen molar-refractivity contribution in [3.8, 4) is 0 Å². The molecular formula is C14H18Cl3N. The fourth-order valence-corrected chi connectivity index (χ4v) is 2.18. The Morgan fingerprint density at radius 1 is 1.22 bits per heavy atom. The van der Waals surface area contributed by atoms with Crippen molar-refractivity contribution in [2.24, 2.45) is 5.92 Å². The van der Waals surface area contributed by atoms with E-state index in [1.165, 1.54) is 5.57 Å². The molecule has 0 aliphatic carbocycles. The molecule has 100 valence electrons. The fourth-order valence-electron chi connectivity index (χ4n) is 1.53. The van der Waals surface area contributed by atoms with Crippen LogP contribution in [0.3, 0.4) is 0 Å². The van der Waals surface area contributed by atoms with Gasteiger partial charge >= 0.3 is 0 Å². The summed E-state index contributed by atoms with van der Waals surface area (Å²) in [5, 5.41) is 5.02. The highest BCUT2D eigenvalue weighted by molar-refractivity contribution is 6.44. The lowest BCUT2D eigenvalue weighted by Crippen LogP contribution is -2.21. The predicted octanol–water partition coefficient (Wildman–Crippen LogP) is 5.30. The normalized spacial score (nSPS) is 12.3. The Hall–Kier alpha value is -0.210. The van der Waals surface area contributed by atoms with Crippen LogP contribution in [-0.4, -0.2) is 13.1 Å². The van der Waals surface area contributed by atoms with Gasteiger partial charge in [-0.15, -0.1) is 0 Å². The number of hydrogen-bond acceptors (Lipinski definition) is 1. The van der Waals surface area contributed by atoms with E-state index < -0.39 is 0 Å². The Balaban J connectivity index is 2.79. The lowest BCUT2D eigenvalue weighted by atomic mass is 10.1. The first-order valence-electron chi connectivity index (χ1n) is 5.93. The van der Waals surface area contributed by atoms with E-state index in [0.717, 1.165) is 18.7 Å². The molecule has 1 nitrogen and oxygen atoms in total. The molecule has 0 radical (unpaired) electrons. The van der Waals surface area contributed by atoms with Crippen LogP contribution in [0.15, 0.2) is 17.7 Å². The van der Waals surface area contributed by atoms with Gasteiger partial charge < -0.3 is 5.32 Å². The monoisotopic (exact) mass is 305 g/mol. The zero-order valence-corrected chi connectivity index (χ0v) is 13.1. The lowest BCUT2D eigenvalue weighted by Gasteiger charge is -2.09. The summed E-state index contributed by atoms with van der Waals surface area (Å²) in [6.07, 6.45) is 1.98. The second kappa shape index (κ2) is 7.40. The van der Waals surface area contributed by atoms with E-state index >= 15 is 0 Å². The van der Waals surface area contributed by atoms with Gasteiger partial charge in [-0.1, -0.05) is 60.3 Å². The maximum absolute atomic E-state index is 6.15. The molecule has 0 unspecified atom stereocenters. The van der Waals surface area contributed by atoms with Crippen LogP contribution in [0.5, 0.6) is 0 Å². The summed E-state index contributed by atoms with van der Waals surface area (Å²) >= 11 is 18.2. The molecule has 1 rings (SSSR count). The third-order valence-electron chi connectivity index (χ3n) is 2.43. The van der Waals surface area contributed by atoms with Gasteiger partial charge in [-0.05, 0) is 31.5 Å². The molecule has 0 saturated carbocycles. The summed E-state index contributed by atoms with van der Waals surface area (Å²) in [4.78, 5) is 0. The molecule has 0 aliphatic heterocycles. The van der Waals surface area contributed by atoms with E-state index in [-0.39, 0.29) is 0 Å². The summed E-state index contributed by atoms with van der Waals surface area (Å²) in [5.41, 5.74) is 1.95. The second-order valence-electron chi connectivity index (χ2n) is 4.77. The standard InChI is InChI=1S/C14H18Cl3N/c1-9(2)7-18-8-10(3)6-11-12(15)4-5-13(16)14(11)17/h4-6,9,18H,7-8H2,1-3H3/b10-6+. The largest absolute Gasteiger partial charge is 0.313 e. The molecule has 0 aliphatic rings. The predicted molar refractivity (Wildman–Crippen MR) is 82.8 cm³/mol. The summed E-state index contributed by atoms with van der Waals surface area (Å²) in [6, 6.07) is 3.46. The fraction of sp³-hybridized carbons (Fsp3) is 0.429. The van der Waals surface area contributed by atoms with Crippen LogP contribution in [0.2, 0.25) is 15.1 Å². The Bertz CT molecular complexity index is 439. The van der Waals surface area contributed by atoms with Crippen molar-refractivity contribution >= 4 is 40.9 Å². The highest BCUT2D eigenvalue weighted by Crippen LogP contribution is 2.32. The molecule has 0 spiro atoms. The molecule has 1 N–H and O–H groups in total. The van der Waals surface area contributed by atoms with Crippen molar-refractivity contribution in [1.82, 2.24) is 5.32 Å². The van der Waals surface area contributed by atoms with E-state index in [1.54, 1.807) is 12.1 Å². The second-order valence-corrected chi connectivity index (χ2v) is 5.96. The molecule has 1 aromatic carbocycles. The Kier molecular flexibility index (Phi) is 6.51. The van der Waals surface area contributed by atoms with E-state index in [1.807, 2.05) is 13.0 Å². The van der Waals surface area contributed by atoms with Gasteiger partial charge in [0.15, 0.2) is 0 Å². The van der Waals surface area contributed by atoms with E-state index in [2.05, 4.69) is 19.2 Å². The van der Waals surface area contributed by atoms with Crippen LogP contribution < -0.4 is 5.32 Å². The molecule has 0 bridgehead atoms.